The molecular formula is C12H21N5O. The van der Waals surface area contributed by atoms with Crippen molar-refractivity contribution in [1.29, 1.82) is 0 Å². The van der Waals surface area contributed by atoms with E-state index in [2.05, 4.69) is 25.8 Å². The fraction of sp³-hybridized carbons (Fsp3) is 0.750. The summed E-state index contributed by atoms with van der Waals surface area (Å²) in [7, 11) is 0. The van der Waals surface area contributed by atoms with E-state index in [0.29, 0.717) is 12.6 Å². The summed E-state index contributed by atoms with van der Waals surface area (Å²) in [5, 5.41) is 13.0. The topological polar surface area (TPSA) is 82.7 Å². The Labute approximate surface area is 107 Å². The Morgan fingerprint density at radius 1 is 1.56 bits per heavy atom. The smallest absolute Gasteiger partial charge is 0.290 e. The monoisotopic (exact) mass is 251 g/mol. The van der Waals surface area contributed by atoms with Crippen LogP contribution in [0.1, 0.15) is 55.5 Å². The molecule has 1 saturated heterocycles. The van der Waals surface area contributed by atoms with Gasteiger partial charge in [0.1, 0.15) is 5.82 Å². The Hall–Kier alpha value is -1.43. The van der Waals surface area contributed by atoms with E-state index in [4.69, 9.17) is 0 Å². The Morgan fingerprint density at radius 3 is 3.00 bits per heavy atom. The van der Waals surface area contributed by atoms with Crippen molar-refractivity contribution in [1.82, 2.24) is 25.8 Å². The molecule has 6 heteroatoms. The fourth-order valence-electron chi connectivity index (χ4n) is 2.08. The average molecular weight is 251 g/mol. The molecule has 3 N–H and O–H groups in total. The van der Waals surface area contributed by atoms with Crippen LogP contribution in [0.2, 0.25) is 0 Å². The second kappa shape index (κ2) is 5.95. The number of nitrogens with one attached hydrogen (secondary N) is 3. The second-order valence-electron chi connectivity index (χ2n) is 5.04. The molecule has 1 atom stereocenters. The molecule has 0 aromatic carbocycles. The lowest BCUT2D eigenvalue weighted by molar-refractivity contribution is 0.0942. The summed E-state index contributed by atoms with van der Waals surface area (Å²) < 4.78 is 0. The lowest BCUT2D eigenvalue weighted by Crippen LogP contribution is -2.31. The van der Waals surface area contributed by atoms with Crippen molar-refractivity contribution in [2.24, 2.45) is 0 Å². The lowest BCUT2D eigenvalue weighted by Gasteiger charge is -2.09. The van der Waals surface area contributed by atoms with Gasteiger partial charge in [-0.3, -0.25) is 9.89 Å². The summed E-state index contributed by atoms with van der Waals surface area (Å²) >= 11 is 0. The van der Waals surface area contributed by atoms with Crippen molar-refractivity contribution in [2.45, 2.75) is 45.1 Å². The molecule has 6 nitrogen and oxygen atoms in total. The third-order valence-electron chi connectivity index (χ3n) is 3.19. The van der Waals surface area contributed by atoms with Crippen LogP contribution < -0.4 is 10.6 Å². The Bertz CT molecular complexity index is 395. The summed E-state index contributed by atoms with van der Waals surface area (Å²) in [5.74, 6) is 1.04. The van der Waals surface area contributed by atoms with Crippen LogP contribution in [0.15, 0.2) is 0 Å². The molecule has 2 heterocycles. The van der Waals surface area contributed by atoms with Gasteiger partial charge in [0.2, 0.25) is 5.82 Å². The first-order valence-electron chi connectivity index (χ1n) is 6.60. The minimum absolute atomic E-state index is 0.198. The fourth-order valence-corrected chi connectivity index (χ4v) is 2.08. The SMILES string of the molecule is CC(C)c1nc(C(=O)NCC[C@H]2CCCN2)n[nH]1. The van der Waals surface area contributed by atoms with Crippen LogP contribution in [0.3, 0.4) is 0 Å². The number of nitrogens with zero attached hydrogens (tertiary/aromatic N) is 2. The van der Waals surface area contributed by atoms with E-state index >= 15 is 0 Å². The maximum Gasteiger partial charge on any atom is 0.290 e. The number of H-pyrrole nitrogens is 1. The quantitative estimate of drug-likeness (QED) is 0.723. The van der Waals surface area contributed by atoms with Gasteiger partial charge in [0.25, 0.3) is 5.91 Å². The normalized spacial score (nSPS) is 19.4. The number of aromatic nitrogens is 3. The molecule has 1 amide bonds. The van der Waals surface area contributed by atoms with Crippen LogP contribution in [-0.2, 0) is 0 Å². The van der Waals surface area contributed by atoms with E-state index in [9.17, 15) is 4.79 Å². The zero-order valence-corrected chi connectivity index (χ0v) is 11.0. The van der Waals surface area contributed by atoms with Crippen molar-refractivity contribution in [3.05, 3.63) is 11.6 Å². The Balaban J connectivity index is 1.76. The standard InChI is InChI=1S/C12H21N5O/c1-8(2)10-15-11(17-16-10)12(18)14-7-5-9-4-3-6-13-9/h8-9,13H,3-7H2,1-2H3,(H,14,18)(H,15,16,17)/t9-/m1/s1. The third kappa shape index (κ3) is 3.29. The number of carbonyl (C=O) groups excluding carboxylic acids is 1. The first-order valence-corrected chi connectivity index (χ1v) is 6.60. The Kier molecular flexibility index (Phi) is 4.30. The van der Waals surface area contributed by atoms with Gasteiger partial charge in [0.15, 0.2) is 0 Å². The van der Waals surface area contributed by atoms with Gasteiger partial charge in [0.05, 0.1) is 0 Å². The summed E-state index contributed by atoms with van der Waals surface area (Å²) in [6, 6.07) is 0.545. The molecule has 0 saturated carbocycles. The van der Waals surface area contributed by atoms with E-state index in [1.54, 1.807) is 0 Å². The van der Waals surface area contributed by atoms with E-state index in [1.807, 2.05) is 13.8 Å². The maximum atomic E-state index is 11.8. The van der Waals surface area contributed by atoms with Crippen LogP contribution in [0.5, 0.6) is 0 Å². The Morgan fingerprint density at radius 2 is 2.39 bits per heavy atom. The van der Waals surface area contributed by atoms with Gasteiger partial charge in [-0.05, 0) is 25.8 Å². The van der Waals surface area contributed by atoms with E-state index < -0.39 is 0 Å². The predicted octanol–water partition coefficient (Wildman–Crippen LogP) is 0.800. The molecule has 1 fully saturated rings. The van der Waals surface area contributed by atoms with E-state index in [-0.39, 0.29) is 17.6 Å². The molecule has 0 bridgehead atoms. The minimum atomic E-state index is -0.198. The van der Waals surface area contributed by atoms with Crippen LogP contribution in [0.4, 0.5) is 0 Å². The van der Waals surface area contributed by atoms with Crippen LogP contribution in [-0.4, -0.2) is 40.2 Å². The number of carbonyl (C=O) groups is 1. The zero-order chi connectivity index (χ0) is 13.0. The summed E-state index contributed by atoms with van der Waals surface area (Å²) in [6.45, 7) is 5.78. The van der Waals surface area contributed by atoms with Crippen molar-refractivity contribution in [3.63, 3.8) is 0 Å². The lowest BCUT2D eigenvalue weighted by atomic mass is 10.1. The minimum Gasteiger partial charge on any atom is -0.349 e. The van der Waals surface area contributed by atoms with Gasteiger partial charge in [-0.2, -0.15) is 0 Å². The van der Waals surface area contributed by atoms with Crippen molar-refractivity contribution in [3.8, 4) is 0 Å². The number of hydrogen-bond donors (Lipinski definition) is 3. The van der Waals surface area contributed by atoms with Gasteiger partial charge < -0.3 is 10.6 Å². The predicted molar refractivity (Wildman–Crippen MR) is 68.4 cm³/mol. The maximum absolute atomic E-state index is 11.8. The van der Waals surface area contributed by atoms with Gasteiger partial charge in [0, 0.05) is 18.5 Å². The molecule has 1 aromatic heterocycles. The van der Waals surface area contributed by atoms with Crippen molar-refractivity contribution < 1.29 is 4.79 Å². The highest BCUT2D eigenvalue weighted by molar-refractivity contribution is 5.90. The first kappa shape index (κ1) is 13.0. The number of rotatable bonds is 5. The largest absolute Gasteiger partial charge is 0.349 e. The number of amides is 1. The molecule has 0 spiro atoms. The molecule has 100 valence electrons. The summed E-state index contributed by atoms with van der Waals surface area (Å²) in [6.07, 6.45) is 3.40. The molecule has 0 aliphatic carbocycles. The van der Waals surface area contributed by atoms with Gasteiger partial charge >= 0.3 is 0 Å². The number of aromatic amines is 1. The molecule has 2 rings (SSSR count). The number of hydrogen-bond acceptors (Lipinski definition) is 4. The molecule has 0 unspecified atom stereocenters. The van der Waals surface area contributed by atoms with Crippen LogP contribution in [0, 0.1) is 0 Å². The third-order valence-corrected chi connectivity index (χ3v) is 3.19. The molecule has 18 heavy (non-hydrogen) atoms. The highest BCUT2D eigenvalue weighted by Crippen LogP contribution is 2.08. The molecular weight excluding hydrogens is 230 g/mol. The van der Waals surface area contributed by atoms with E-state index in [1.165, 1.54) is 12.8 Å². The van der Waals surface area contributed by atoms with Gasteiger partial charge in [-0.25, -0.2) is 4.98 Å². The molecule has 0 radical (unpaired) electrons. The van der Waals surface area contributed by atoms with Crippen molar-refractivity contribution in [2.75, 3.05) is 13.1 Å². The zero-order valence-electron chi connectivity index (χ0n) is 11.0. The highest BCUT2D eigenvalue weighted by Gasteiger charge is 2.16. The first-order chi connectivity index (χ1) is 8.66. The van der Waals surface area contributed by atoms with Crippen molar-refractivity contribution >= 4 is 5.91 Å². The van der Waals surface area contributed by atoms with Crippen LogP contribution in [0.25, 0.3) is 0 Å². The second-order valence-corrected chi connectivity index (χ2v) is 5.04. The summed E-state index contributed by atoms with van der Waals surface area (Å²) in [4.78, 5) is 15.9. The molecule has 1 aliphatic rings. The van der Waals surface area contributed by atoms with Crippen LogP contribution >= 0.6 is 0 Å². The molecule has 1 aliphatic heterocycles. The van der Waals surface area contributed by atoms with E-state index in [0.717, 1.165) is 18.8 Å². The van der Waals surface area contributed by atoms with Gasteiger partial charge in [-0.15, -0.1) is 5.10 Å². The average Bonchev–Trinajstić information content (AvgIpc) is 2.99. The summed E-state index contributed by atoms with van der Waals surface area (Å²) in [5.41, 5.74) is 0. The van der Waals surface area contributed by atoms with Gasteiger partial charge in [-0.1, -0.05) is 13.8 Å². The highest BCUT2D eigenvalue weighted by atomic mass is 16.2. The molecule has 1 aromatic rings.